The molecule has 0 aromatic carbocycles. The minimum Gasteiger partial charge on any atom is -0.486 e. The van der Waals surface area contributed by atoms with E-state index in [0.717, 1.165) is 20.8 Å². The van der Waals surface area contributed by atoms with Crippen LogP contribution in [0, 0.1) is 15.9 Å². The van der Waals surface area contributed by atoms with Crippen molar-refractivity contribution < 1.29 is 17.9 Å². The number of fused-ring (bicyclic) bond motifs is 1. The molecule has 3 heterocycles. The minimum atomic E-state index is -0.832. The summed E-state index contributed by atoms with van der Waals surface area (Å²) >= 11 is -0.202. The zero-order valence-electron chi connectivity index (χ0n) is 14.3. The minimum absolute atomic E-state index is 0.0877. The van der Waals surface area contributed by atoms with E-state index < -0.39 is 22.0 Å². The molecule has 0 spiro atoms. The Labute approximate surface area is 156 Å². The molecule has 0 N–H and O–H groups in total. The highest BCUT2D eigenvalue weighted by Gasteiger charge is 2.21. The van der Waals surface area contributed by atoms with Crippen LogP contribution >= 0.6 is 12.3 Å². The van der Waals surface area contributed by atoms with Crippen LogP contribution in [0.25, 0.3) is 11.0 Å². The number of hydrogen-bond acceptors (Lipinski definition) is 6. The highest BCUT2D eigenvalue weighted by molar-refractivity contribution is 7.93. The van der Waals surface area contributed by atoms with Gasteiger partial charge in [0.15, 0.2) is 23.9 Å². The third kappa shape index (κ3) is 3.50. The van der Waals surface area contributed by atoms with E-state index in [1.807, 2.05) is 0 Å². The normalized spacial score (nSPS) is 11.3. The van der Waals surface area contributed by atoms with E-state index in [2.05, 4.69) is 4.98 Å². The van der Waals surface area contributed by atoms with Crippen molar-refractivity contribution in [2.75, 3.05) is 0 Å². The zero-order valence-corrected chi connectivity index (χ0v) is 15.1. The number of halogens is 2. The van der Waals surface area contributed by atoms with Crippen molar-refractivity contribution in [2.24, 2.45) is 0 Å². The number of aromatic nitrogens is 3. The summed E-state index contributed by atoms with van der Waals surface area (Å²) in [6.45, 7) is 3.23. The van der Waals surface area contributed by atoms with E-state index in [0.29, 0.717) is 0 Å². The molecule has 8 nitrogen and oxygen atoms in total. The highest BCUT2D eigenvalue weighted by Crippen LogP contribution is 2.34. The first-order valence-corrected chi connectivity index (χ1v) is 8.49. The molecule has 0 unspecified atom stereocenters. The lowest BCUT2D eigenvalue weighted by atomic mass is 10.3. The van der Waals surface area contributed by atoms with Crippen LogP contribution in [-0.4, -0.2) is 24.6 Å². The molecule has 0 saturated carbocycles. The van der Waals surface area contributed by atoms with Crippen LogP contribution in [0.1, 0.15) is 19.5 Å². The van der Waals surface area contributed by atoms with Crippen molar-refractivity contribution in [3.05, 3.63) is 62.6 Å². The average molecular weight is 396 g/mol. The van der Waals surface area contributed by atoms with Gasteiger partial charge in [-0.05, 0) is 26.0 Å². The maximum absolute atomic E-state index is 14.2. The molecule has 0 amide bonds. The molecule has 11 heteroatoms. The largest absolute Gasteiger partial charge is 0.486 e. The van der Waals surface area contributed by atoms with Crippen LogP contribution in [0.2, 0.25) is 0 Å². The van der Waals surface area contributed by atoms with E-state index in [1.165, 1.54) is 18.3 Å². The fourth-order valence-corrected chi connectivity index (χ4v) is 3.08. The van der Waals surface area contributed by atoms with Gasteiger partial charge in [-0.15, -0.1) is 3.89 Å². The molecule has 0 aliphatic carbocycles. The second-order valence-electron chi connectivity index (χ2n) is 5.92. The third-order valence-electron chi connectivity index (χ3n) is 3.71. The van der Waals surface area contributed by atoms with Crippen LogP contribution in [0.3, 0.4) is 0 Å². The molecule has 27 heavy (non-hydrogen) atoms. The lowest BCUT2D eigenvalue weighted by Gasteiger charge is -2.13. The Morgan fingerprint density at radius 2 is 2.19 bits per heavy atom. The van der Waals surface area contributed by atoms with Crippen molar-refractivity contribution in [3.63, 3.8) is 0 Å². The van der Waals surface area contributed by atoms with Crippen LogP contribution in [0.4, 0.5) is 14.0 Å². The van der Waals surface area contributed by atoms with Crippen molar-refractivity contribution in [1.29, 1.82) is 0 Å². The van der Waals surface area contributed by atoms with E-state index in [1.54, 1.807) is 13.8 Å². The summed E-state index contributed by atoms with van der Waals surface area (Å²) in [4.78, 5) is 26.3. The lowest BCUT2D eigenvalue weighted by Crippen LogP contribution is -2.22. The van der Waals surface area contributed by atoms with Gasteiger partial charge in [0.25, 0.3) is 0 Å². The van der Waals surface area contributed by atoms with Gasteiger partial charge in [0.05, 0.1) is 35.0 Å². The summed E-state index contributed by atoms with van der Waals surface area (Å²) in [7, 11) is 0. The second kappa shape index (κ2) is 7.35. The molecule has 0 radical (unpaired) electrons. The topological polar surface area (TPSA) is 92.2 Å². The Balaban J connectivity index is 2.15. The molecule has 0 atom stereocenters. The first-order chi connectivity index (χ1) is 12.8. The lowest BCUT2D eigenvalue weighted by molar-refractivity contribution is -0.386. The number of hydrogen-bond donors (Lipinski definition) is 0. The number of ether oxygens (including phenoxy) is 1. The summed E-state index contributed by atoms with van der Waals surface area (Å²) in [5.41, 5.74) is -0.816. The average Bonchev–Trinajstić information content (AvgIpc) is 2.96. The predicted octanol–water partition coefficient (Wildman–Crippen LogP) is 3.46. The molecule has 3 aromatic rings. The molecule has 142 valence electrons. The molecule has 0 bridgehead atoms. The monoisotopic (exact) mass is 396 g/mol. The maximum Gasteiger partial charge on any atom is 0.334 e. The number of pyridine rings is 2. The van der Waals surface area contributed by atoms with Gasteiger partial charge in [-0.2, -0.15) is 0 Å². The van der Waals surface area contributed by atoms with Gasteiger partial charge in [-0.3, -0.25) is 23.9 Å². The van der Waals surface area contributed by atoms with Gasteiger partial charge in [0, 0.05) is 12.3 Å². The standard InChI is InChI=1S/C16H14F2N4O4S/c1-9(2)26-15-11(17)7-19-12-6-10(21(27-18)14(12)15)8-20-5-3-4-13(16(20)23)22(24)25/h3-7,9H,8H2,1-2H3. The number of nitrogens with zero attached hydrogens (tertiary/aromatic N) is 4. The quantitative estimate of drug-likeness (QED) is 0.468. The van der Waals surface area contributed by atoms with Crippen LogP contribution in [0.15, 0.2) is 35.4 Å². The second-order valence-corrected chi connectivity index (χ2v) is 6.42. The third-order valence-corrected chi connectivity index (χ3v) is 4.27. The summed E-state index contributed by atoms with van der Waals surface area (Å²) in [5.74, 6) is -0.901. The Hall–Kier alpha value is -2.95. The van der Waals surface area contributed by atoms with Gasteiger partial charge < -0.3 is 9.30 Å². The summed E-state index contributed by atoms with van der Waals surface area (Å²) in [5, 5.41) is 10.9. The Bertz CT molecular complexity index is 1080. The smallest absolute Gasteiger partial charge is 0.334 e. The van der Waals surface area contributed by atoms with Gasteiger partial charge >= 0.3 is 11.2 Å². The van der Waals surface area contributed by atoms with Crippen molar-refractivity contribution >= 4 is 29.1 Å². The van der Waals surface area contributed by atoms with Crippen LogP contribution < -0.4 is 10.3 Å². The fourth-order valence-electron chi connectivity index (χ4n) is 2.64. The highest BCUT2D eigenvalue weighted by atomic mass is 32.2. The van der Waals surface area contributed by atoms with Crippen LogP contribution in [-0.2, 0) is 6.54 Å². The number of nitro groups is 1. The Morgan fingerprint density at radius 3 is 2.81 bits per heavy atom. The first kappa shape index (κ1) is 18.8. The predicted molar refractivity (Wildman–Crippen MR) is 96.0 cm³/mol. The maximum atomic E-state index is 14.2. The molecule has 3 rings (SSSR count). The molecule has 0 aliphatic heterocycles. The fraction of sp³-hybridized carbons (Fsp3) is 0.250. The van der Waals surface area contributed by atoms with Gasteiger partial charge in [0.2, 0.25) is 0 Å². The van der Waals surface area contributed by atoms with Gasteiger partial charge in [-0.25, -0.2) is 4.39 Å². The Kier molecular flexibility index (Phi) is 5.13. The molecule has 0 saturated heterocycles. The summed E-state index contributed by atoms with van der Waals surface area (Å²) in [6.07, 6.45) is 1.96. The van der Waals surface area contributed by atoms with E-state index >= 15 is 0 Å². The number of rotatable bonds is 6. The first-order valence-electron chi connectivity index (χ1n) is 7.82. The summed E-state index contributed by atoms with van der Waals surface area (Å²) < 4.78 is 35.4. The summed E-state index contributed by atoms with van der Waals surface area (Å²) in [6, 6.07) is 3.91. The van der Waals surface area contributed by atoms with E-state index in [4.69, 9.17) is 4.74 Å². The van der Waals surface area contributed by atoms with Crippen molar-refractivity contribution in [2.45, 2.75) is 26.5 Å². The van der Waals surface area contributed by atoms with Crippen molar-refractivity contribution in [1.82, 2.24) is 13.5 Å². The van der Waals surface area contributed by atoms with Gasteiger partial charge in [0.1, 0.15) is 5.52 Å². The molecule has 0 fully saturated rings. The Morgan fingerprint density at radius 1 is 1.44 bits per heavy atom. The van der Waals surface area contributed by atoms with E-state index in [9.17, 15) is 23.2 Å². The SMILES string of the molecule is CC(C)Oc1c(F)cnc2cc(Cn3cccc([N+](=O)[O-])c3=O)n(SF)c12. The molecule has 0 aliphatic rings. The van der Waals surface area contributed by atoms with E-state index in [-0.39, 0.29) is 47.5 Å². The van der Waals surface area contributed by atoms with Crippen molar-refractivity contribution in [3.8, 4) is 5.75 Å². The molecular weight excluding hydrogens is 382 g/mol. The zero-order chi connectivity index (χ0) is 19.7. The molecule has 3 aromatic heterocycles. The van der Waals surface area contributed by atoms with Crippen LogP contribution in [0.5, 0.6) is 5.75 Å². The van der Waals surface area contributed by atoms with Gasteiger partial charge in [-0.1, -0.05) is 0 Å². The molecular formula is C16H14F2N4O4S.